The molecule has 0 N–H and O–H groups in total. The van der Waals surface area contributed by atoms with Crippen LogP contribution in [0.4, 0.5) is 0 Å². The molecule has 1 unspecified atom stereocenters. The molecule has 3 heteroatoms. The van der Waals surface area contributed by atoms with E-state index in [0.29, 0.717) is 0 Å². The molecule has 106 valence electrons. The Morgan fingerprint density at radius 3 is 2.35 bits per heavy atom. The number of unbranched alkanes of at least 4 members (excludes halogenated alkanes) is 1. The minimum absolute atomic E-state index is 0.203. The Hall–Kier alpha value is -0.120. The van der Waals surface area contributed by atoms with Crippen LogP contribution >= 0.6 is 47.8 Å². The molecule has 0 spiro atoms. The van der Waals surface area contributed by atoms with E-state index in [4.69, 9.17) is 0 Å². The summed E-state index contributed by atoms with van der Waals surface area (Å²) in [6, 6.07) is 15.2. The molecule has 0 aromatic heterocycles. The average molecular weight is 461 g/mol. The molecule has 0 saturated carbocycles. The number of aryl methyl sites for hydroxylation is 1. The lowest BCUT2D eigenvalue weighted by atomic mass is 10.0. The van der Waals surface area contributed by atoms with Crippen molar-refractivity contribution in [3.63, 3.8) is 0 Å². The molecule has 20 heavy (non-hydrogen) atoms. The van der Waals surface area contributed by atoms with E-state index in [2.05, 4.69) is 91.1 Å². The summed E-state index contributed by atoms with van der Waals surface area (Å²) in [6.45, 7) is 2.23. The topological polar surface area (TPSA) is 0 Å². The zero-order valence-electron chi connectivity index (χ0n) is 11.4. The van der Waals surface area contributed by atoms with Crippen molar-refractivity contribution >= 4 is 47.8 Å². The van der Waals surface area contributed by atoms with Crippen LogP contribution in [-0.2, 0) is 6.42 Å². The highest BCUT2D eigenvalue weighted by atomic mass is 79.9. The van der Waals surface area contributed by atoms with Crippen molar-refractivity contribution in [1.29, 1.82) is 0 Å². The first kappa shape index (κ1) is 16.3. The standard InChI is InChI=1S/C17H17Br3/c1-2-3-4-12-5-7-13(8-6-12)17(20)15-11-14(18)9-10-16(15)19/h5-11,17H,2-4H2,1H3. The highest BCUT2D eigenvalue weighted by Crippen LogP contribution is 2.36. The molecule has 0 radical (unpaired) electrons. The van der Waals surface area contributed by atoms with Crippen LogP contribution in [0.25, 0.3) is 0 Å². The van der Waals surface area contributed by atoms with Crippen molar-refractivity contribution in [1.82, 2.24) is 0 Å². The van der Waals surface area contributed by atoms with Crippen molar-refractivity contribution in [3.8, 4) is 0 Å². The van der Waals surface area contributed by atoms with E-state index in [1.807, 2.05) is 6.07 Å². The van der Waals surface area contributed by atoms with Crippen LogP contribution in [0.3, 0.4) is 0 Å². The number of benzene rings is 2. The molecule has 0 nitrogen and oxygen atoms in total. The van der Waals surface area contributed by atoms with Gasteiger partial charge in [-0.2, -0.15) is 0 Å². The largest absolute Gasteiger partial charge is 0.0786 e. The molecule has 2 rings (SSSR count). The fraction of sp³-hybridized carbons (Fsp3) is 0.294. The smallest absolute Gasteiger partial charge is 0.0656 e. The molecule has 0 aliphatic rings. The number of hydrogen-bond donors (Lipinski definition) is 0. The summed E-state index contributed by atoms with van der Waals surface area (Å²) in [7, 11) is 0. The number of alkyl halides is 1. The molecule has 0 amide bonds. The van der Waals surface area contributed by atoms with Gasteiger partial charge in [-0.25, -0.2) is 0 Å². The van der Waals surface area contributed by atoms with Crippen LogP contribution < -0.4 is 0 Å². The second-order valence-corrected chi connectivity index (χ2v) is 7.56. The summed E-state index contributed by atoms with van der Waals surface area (Å²) < 4.78 is 2.22. The first-order valence-electron chi connectivity index (χ1n) is 6.79. The lowest BCUT2D eigenvalue weighted by Gasteiger charge is -2.14. The summed E-state index contributed by atoms with van der Waals surface area (Å²) in [5.74, 6) is 0. The van der Waals surface area contributed by atoms with E-state index in [1.54, 1.807) is 0 Å². The minimum atomic E-state index is 0.203. The van der Waals surface area contributed by atoms with E-state index in [1.165, 1.54) is 36.0 Å². The summed E-state index contributed by atoms with van der Waals surface area (Å²) in [6.07, 6.45) is 3.67. The van der Waals surface area contributed by atoms with Gasteiger partial charge < -0.3 is 0 Å². The average Bonchev–Trinajstić information content (AvgIpc) is 2.47. The molecule has 2 aromatic rings. The third-order valence-corrected chi connectivity index (χ3v) is 5.56. The minimum Gasteiger partial charge on any atom is -0.0786 e. The molecule has 0 fully saturated rings. The lowest BCUT2D eigenvalue weighted by Crippen LogP contribution is -1.95. The summed E-state index contributed by atoms with van der Waals surface area (Å²) in [5.41, 5.74) is 3.94. The lowest BCUT2D eigenvalue weighted by molar-refractivity contribution is 0.795. The van der Waals surface area contributed by atoms with Crippen LogP contribution in [0.1, 0.15) is 41.3 Å². The maximum Gasteiger partial charge on any atom is 0.0656 e. The van der Waals surface area contributed by atoms with Gasteiger partial charge in [0.05, 0.1) is 4.83 Å². The van der Waals surface area contributed by atoms with Crippen LogP contribution in [0, 0.1) is 0 Å². The van der Waals surface area contributed by atoms with E-state index in [9.17, 15) is 0 Å². The SMILES string of the molecule is CCCCc1ccc(C(Br)c2cc(Br)ccc2Br)cc1. The third-order valence-electron chi connectivity index (χ3n) is 3.32. The predicted octanol–water partition coefficient (Wildman–Crippen LogP) is 7.04. The Labute approximate surface area is 146 Å². The van der Waals surface area contributed by atoms with Crippen molar-refractivity contribution in [2.45, 2.75) is 31.0 Å². The van der Waals surface area contributed by atoms with Gasteiger partial charge in [-0.05, 0) is 47.7 Å². The van der Waals surface area contributed by atoms with E-state index >= 15 is 0 Å². The van der Waals surface area contributed by atoms with E-state index in [0.717, 1.165) is 8.95 Å². The molecular formula is C17H17Br3. The second-order valence-electron chi connectivity index (χ2n) is 4.87. The normalized spacial score (nSPS) is 12.4. The Morgan fingerprint density at radius 1 is 1.00 bits per heavy atom. The summed E-state index contributed by atoms with van der Waals surface area (Å²) in [5, 5.41) is 0. The Morgan fingerprint density at radius 2 is 1.70 bits per heavy atom. The monoisotopic (exact) mass is 458 g/mol. The van der Waals surface area contributed by atoms with Gasteiger partial charge >= 0.3 is 0 Å². The van der Waals surface area contributed by atoms with Gasteiger partial charge in [0.25, 0.3) is 0 Å². The molecule has 0 heterocycles. The van der Waals surface area contributed by atoms with Crippen molar-refractivity contribution in [2.24, 2.45) is 0 Å². The van der Waals surface area contributed by atoms with Crippen molar-refractivity contribution < 1.29 is 0 Å². The van der Waals surface area contributed by atoms with Crippen LogP contribution in [0.5, 0.6) is 0 Å². The Kier molecular flexibility index (Phi) is 6.31. The number of hydrogen-bond acceptors (Lipinski definition) is 0. The third kappa shape index (κ3) is 4.19. The van der Waals surface area contributed by atoms with Crippen LogP contribution in [-0.4, -0.2) is 0 Å². The molecular weight excluding hydrogens is 444 g/mol. The van der Waals surface area contributed by atoms with Crippen LogP contribution in [0.15, 0.2) is 51.4 Å². The maximum atomic E-state index is 3.81. The zero-order chi connectivity index (χ0) is 14.5. The highest BCUT2D eigenvalue weighted by molar-refractivity contribution is 9.11. The van der Waals surface area contributed by atoms with Gasteiger partial charge in [0.1, 0.15) is 0 Å². The first-order chi connectivity index (χ1) is 9.61. The quantitative estimate of drug-likeness (QED) is 0.420. The fourth-order valence-corrected chi connectivity index (χ4v) is 3.97. The molecule has 0 aliphatic carbocycles. The van der Waals surface area contributed by atoms with Gasteiger partial charge in [0, 0.05) is 8.95 Å². The van der Waals surface area contributed by atoms with Crippen molar-refractivity contribution in [2.75, 3.05) is 0 Å². The zero-order valence-corrected chi connectivity index (χ0v) is 16.1. The van der Waals surface area contributed by atoms with E-state index < -0.39 is 0 Å². The van der Waals surface area contributed by atoms with Gasteiger partial charge in [-0.3, -0.25) is 0 Å². The Balaban J connectivity index is 2.20. The van der Waals surface area contributed by atoms with Gasteiger partial charge in [0.2, 0.25) is 0 Å². The fourth-order valence-electron chi connectivity index (χ4n) is 2.12. The predicted molar refractivity (Wildman–Crippen MR) is 97.7 cm³/mol. The van der Waals surface area contributed by atoms with Crippen molar-refractivity contribution in [3.05, 3.63) is 68.1 Å². The first-order valence-corrected chi connectivity index (χ1v) is 9.30. The molecule has 0 saturated heterocycles. The Bertz CT molecular complexity index is 561. The number of halogens is 3. The molecule has 1 atom stereocenters. The molecule has 0 aliphatic heterocycles. The van der Waals surface area contributed by atoms with Gasteiger partial charge in [-0.15, -0.1) is 0 Å². The maximum absolute atomic E-state index is 3.81. The number of rotatable bonds is 5. The second kappa shape index (κ2) is 7.77. The van der Waals surface area contributed by atoms with Gasteiger partial charge in [-0.1, -0.05) is 85.4 Å². The molecule has 2 aromatic carbocycles. The highest BCUT2D eigenvalue weighted by Gasteiger charge is 2.13. The van der Waals surface area contributed by atoms with Gasteiger partial charge in [0.15, 0.2) is 0 Å². The summed E-state index contributed by atoms with van der Waals surface area (Å²) in [4.78, 5) is 0.203. The van der Waals surface area contributed by atoms with Crippen LogP contribution in [0.2, 0.25) is 0 Å². The molecule has 0 bridgehead atoms. The summed E-state index contributed by atoms with van der Waals surface area (Å²) >= 11 is 11.0. The van der Waals surface area contributed by atoms with E-state index in [-0.39, 0.29) is 4.83 Å².